The van der Waals surface area contributed by atoms with E-state index in [1.165, 1.54) is 0 Å². The summed E-state index contributed by atoms with van der Waals surface area (Å²) in [6, 6.07) is 1.80. The molecule has 3 heteroatoms. The van der Waals surface area contributed by atoms with Gasteiger partial charge in [0.15, 0.2) is 0 Å². The van der Waals surface area contributed by atoms with E-state index in [4.69, 9.17) is 0 Å². The minimum Gasteiger partial charge on any atom is -0.297 e. The molecule has 1 rings (SSSR count). The van der Waals surface area contributed by atoms with Crippen molar-refractivity contribution in [2.45, 2.75) is 39.7 Å². The monoisotopic (exact) mass is 180 g/mol. The number of hydrogen-bond donors (Lipinski definition) is 0. The van der Waals surface area contributed by atoms with Crippen molar-refractivity contribution < 1.29 is 0 Å². The highest BCUT2D eigenvalue weighted by Gasteiger charge is 2.05. The van der Waals surface area contributed by atoms with Crippen LogP contribution in [-0.4, -0.2) is 9.55 Å². The number of nitrogens with zero attached hydrogens (tertiary/aromatic N) is 2. The Morgan fingerprint density at radius 3 is 2.31 bits per heavy atom. The molecule has 0 aliphatic rings. The zero-order valence-electron chi connectivity index (χ0n) is 8.61. The van der Waals surface area contributed by atoms with E-state index in [2.05, 4.69) is 4.98 Å². The Morgan fingerprint density at radius 2 is 1.92 bits per heavy atom. The fraction of sp³-hybridized carbons (Fsp3) is 0.600. The molecule has 0 aliphatic carbocycles. The van der Waals surface area contributed by atoms with Crippen LogP contribution in [0, 0.1) is 0 Å². The van der Waals surface area contributed by atoms with Crippen molar-refractivity contribution in [3.63, 3.8) is 0 Å². The molecule has 0 saturated carbocycles. The standard InChI is InChI=1S/C10H16N2O/c1-7(2)9-5-10(13)12(6-11-9)8(3)4/h5-8H,1-4H3. The van der Waals surface area contributed by atoms with Crippen LogP contribution in [0.25, 0.3) is 0 Å². The van der Waals surface area contributed by atoms with Crippen LogP contribution < -0.4 is 5.56 Å². The van der Waals surface area contributed by atoms with E-state index >= 15 is 0 Å². The molecule has 1 heterocycles. The summed E-state index contributed by atoms with van der Waals surface area (Å²) in [5, 5.41) is 0. The van der Waals surface area contributed by atoms with Crippen LogP contribution in [-0.2, 0) is 0 Å². The van der Waals surface area contributed by atoms with Crippen LogP contribution in [0.15, 0.2) is 17.2 Å². The average Bonchev–Trinajstić information content (AvgIpc) is 2.03. The summed E-state index contributed by atoms with van der Waals surface area (Å²) >= 11 is 0. The van der Waals surface area contributed by atoms with Gasteiger partial charge in [-0.3, -0.25) is 9.36 Å². The molecule has 0 aromatic carbocycles. The summed E-state index contributed by atoms with van der Waals surface area (Å²) in [5.41, 5.74) is 0.899. The smallest absolute Gasteiger partial charge is 0.253 e. The first-order valence-electron chi connectivity index (χ1n) is 4.60. The second kappa shape index (κ2) is 3.73. The van der Waals surface area contributed by atoms with Crippen LogP contribution in [0.1, 0.15) is 45.3 Å². The summed E-state index contributed by atoms with van der Waals surface area (Å²) in [7, 11) is 0. The molecule has 0 bridgehead atoms. The van der Waals surface area contributed by atoms with Gasteiger partial charge in [0.05, 0.1) is 12.0 Å². The first-order chi connectivity index (χ1) is 6.02. The van der Waals surface area contributed by atoms with Crippen molar-refractivity contribution in [3.8, 4) is 0 Å². The number of rotatable bonds is 2. The zero-order chi connectivity index (χ0) is 10.0. The molecule has 1 aromatic rings. The fourth-order valence-corrected chi connectivity index (χ4v) is 1.13. The lowest BCUT2D eigenvalue weighted by molar-refractivity contribution is 0.561. The molecule has 0 amide bonds. The quantitative estimate of drug-likeness (QED) is 0.697. The molecular formula is C10H16N2O. The Labute approximate surface area is 78.4 Å². The Kier molecular flexibility index (Phi) is 2.86. The molecule has 1 aromatic heterocycles. The van der Waals surface area contributed by atoms with Gasteiger partial charge in [0.25, 0.3) is 5.56 Å². The topological polar surface area (TPSA) is 34.9 Å². The molecule has 13 heavy (non-hydrogen) atoms. The molecule has 3 nitrogen and oxygen atoms in total. The number of aromatic nitrogens is 2. The van der Waals surface area contributed by atoms with Gasteiger partial charge in [-0.1, -0.05) is 13.8 Å². The van der Waals surface area contributed by atoms with Gasteiger partial charge in [0.1, 0.15) is 0 Å². The Bertz CT molecular complexity index is 339. The van der Waals surface area contributed by atoms with Gasteiger partial charge in [-0.15, -0.1) is 0 Å². The molecule has 0 atom stereocenters. The normalized spacial score (nSPS) is 11.2. The summed E-state index contributed by atoms with van der Waals surface area (Å²) in [4.78, 5) is 15.7. The highest BCUT2D eigenvalue weighted by atomic mass is 16.1. The highest BCUT2D eigenvalue weighted by Crippen LogP contribution is 2.08. The molecule has 0 spiro atoms. The maximum Gasteiger partial charge on any atom is 0.253 e. The van der Waals surface area contributed by atoms with Crippen LogP contribution in [0.5, 0.6) is 0 Å². The lowest BCUT2D eigenvalue weighted by Crippen LogP contribution is -2.22. The van der Waals surface area contributed by atoms with E-state index in [1.54, 1.807) is 17.0 Å². The molecule has 0 N–H and O–H groups in total. The van der Waals surface area contributed by atoms with Crippen molar-refractivity contribution in [1.82, 2.24) is 9.55 Å². The lowest BCUT2D eigenvalue weighted by Gasteiger charge is -2.10. The largest absolute Gasteiger partial charge is 0.297 e. The van der Waals surface area contributed by atoms with Crippen molar-refractivity contribution in [3.05, 3.63) is 28.4 Å². The van der Waals surface area contributed by atoms with Crippen molar-refractivity contribution in [2.75, 3.05) is 0 Å². The highest BCUT2D eigenvalue weighted by molar-refractivity contribution is 5.04. The second-order valence-corrected chi connectivity index (χ2v) is 3.81. The van der Waals surface area contributed by atoms with Crippen LogP contribution in [0.4, 0.5) is 0 Å². The molecule has 0 saturated heterocycles. The molecule has 0 radical (unpaired) electrons. The predicted octanol–water partition coefficient (Wildman–Crippen LogP) is 1.95. The minimum atomic E-state index is 0.0358. The predicted molar refractivity (Wildman–Crippen MR) is 53.0 cm³/mol. The van der Waals surface area contributed by atoms with Gasteiger partial charge >= 0.3 is 0 Å². The third-order valence-corrected chi connectivity index (χ3v) is 2.00. The van der Waals surface area contributed by atoms with Gasteiger partial charge in [-0.25, -0.2) is 4.98 Å². The van der Waals surface area contributed by atoms with Crippen LogP contribution in [0.3, 0.4) is 0 Å². The summed E-state index contributed by atoms with van der Waals surface area (Å²) in [5.74, 6) is 0.314. The van der Waals surface area contributed by atoms with Gasteiger partial charge < -0.3 is 0 Å². The first-order valence-corrected chi connectivity index (χ1v) is 4.60. The van der Waals surface area contributed by atoms with Crippen molar-refractivity contribution in [2.24, 2.45) is 0 Å². The maximum absolute atomic E-state index is 11.5. The molecular weight excluding hydrogens is 164 g/mol. The molecule has 0 fully saturated rings. The Balaban J connectivity index is 3.14. The third kappa shape index (κ3) is 2.17. The van der Waals surface area contributed by atoms with Crippen LogP contribution in [0.2, 0.25) is 0 Å². The van der Waals surface area contributed by atoms with Gasteiger partial charge in [-0.05, 0) is 19.8 Å². The van der Waals surface area contributed by atoms with E-state index in [9.17, 15) is 4.79 Å². The van der Waals surface area contributed by atoms with E-state index in [1.807, 2.05) is 27.7 Å². The average molecular weight is 180 g/mol. The van der Waals surface area contributed by atoms with E-state index in [0.717, 1.165) is 5.69 Å². The summed E-state index contributed by atoms with van der Waals surface area (Å²) in [6.07, 6.45) is 1.63. The third-order valence-electron chi connectivity index (χ3n) is 2.00. The van der Waals surface area contributed by atoms with Gasteiger partial charge in [-0.2, -0.15) is 0 Å². The van der Waals surface area contributed by atoms with Crippen molar-refractivity contribution in [1.29, 1.82) is 0 Å². The fourth-order valence-electron chi connectivity index (χ4n) is 1.13. The summed E-state index contributed by atoms with van der Waals surface area (Å²) in [6.45, 7) is 8.00. The second-order valence-electron chi connectivity index (χ2n) is 3.81. The maximum atomic E-state index is 11.5. The van der Waals surface area contributed by atoms with E-state index in [0.29, 0.717) is 5.92 Å². The van der Waals surface area contributed by atoms with Gasteiger partial charge in [0, 0.05) is 12.1 Å². The van der Waals surface area contributed by atoms with Gasteiger partial charge in [0.2, 0.25) is 0 Å². The number of hydrogen-bond acceptors (Lipinski definition) is 2. The molecule has 72 valence electrons. The Morgan fingerprint density at radius 1 is 1.31 bits per heavy atom. The van der Waals surface area contributed by atoms with E-state index < -0.39 is 0 Å². The zero-order valence-corrected chi connectivity index (χ0v) is 8.61. The molecule has 0 unspecified atom stereocenters. The van der Waals surface area contributed by atoms with Crippen LogP contribution >= 0.6 is 0 Å². The lowest BCUT2D eigenvalue weighted by atomic mass is 10.1. The molecule has 0 aliphatic heterocycles. The Hall–Kier alpha value is -1.12. The van der Waals surface area contributed by atoms with Crippen molar-refractivity contribution >= 4 is 0 Å². The SMILES string of the molecule is CC(C)c1cc(=O)n(C(C)C)cn1. The van der Waals surface area contributed by atoms with E-state index in [-0.39, 0.29) is 11.6 Å². The minimum absolute atomic E-state index is 0.0358. The summed E-state index contributed by atoms with van der Waals surface area (Å²) < 4.78 is 1.63. The first kappa shape index (κ1) is 9.96.